The smallest absolute Gasteiger partial charge is 0.313 e. The van der Waals surface area contributed by atoms with Gasteiger partial charge in [-0.15, -0.1) is 0 Å². The van der Waals surface area contributed by atoms with E-state index in [-0.39, 0.29) is 19.0 Å². The predicted molar refractivity (Wildman–Crippen MR) is 87.1 cm³/mol. The minimum absolute atomic E-state index is 0.125. The van der Waals surface area contributed by atoms with Crippen molar-refractivity contribution in [3.05, 3.63) is 30.3 Å². The van der Waals surface area contributed by atoms with Gasteiger partial charge < -0.3 is 15.5 Å². The number of carboxylic acid groups (broad SMARTS) is 1. The number of carbonyl (C=O) groups is 2. The number of aliphatic hydroxyl groups excluding tert-OH is 1. The Bertz CT molecular complexity index is 549. The van der Waals surface area contributed by atoms with Crippen LogP contribution in [-0.2, 0) is 9.59 Å². The molecule has 0 unspecified atom stereocenters. The zero-order valence-electron chi connectivity index (χ0n) is 13.4. The van der Waals surface area contributed by atoms with Gasteiger partial charge in [0, 0.05) is 18.8 Å². The number of carbonyl (C=O) groups excluding carboxylic acids is 1. The Morgan fingerprint density at radius 1 is 1.35 bits per heavy atom. The highest BCUT2D eigenvalue weighted by molar-refractivity contribution is 5.92. The number of aliphatic hydroxyl groups is 1. The molecule has 0 aliphatic carbocycles. The summed E-state index contributed by atoms with van der Waals surface area (Å²) in [5.41, 5.74) is -0.465. The lowest BCUT2D eigenvalue weighted by atomic mass is 9.74. The molecule has 0 bridgehead atoms. The molecule has 1 saturated heterocycles. The third kappa shape index (κ3) is 4.09. The van der Waals surface area contributed by atoms with E-state index in [4.69, 9.17) is 0 Å². The molecule has 1 aromatic carbocycles. The van der Waals surface area contributed by atoms with Crippen molar-refractivity contribution >= 4 is 17.6 Å². The van der Waals surface area contributed by atoms with Crippen molar-refractivity contribution in [1.82, 2.24) is 4.90 Å². The monoisotopic (exact) mass is 320 g/mol. The SMILES string of the molecule is CCC[C@]1(C(=O)O)CN(CC(=O)Nc2ccccc2)CC[C@H]1O. The van der Waals surface area contributed by atoms with Crippen LogP contribution >= 0.6 is 0 Å². The number of hydrogen-bond acceptors (Lipinski definition) is 4. The Labute approximate surface area is 136 Å². The minimum atomic E-state index is -1.18. The van der Waals surface area contributed by atoms with Crippen LogP contribution in [0.1, 0.15) is 26.2 Å². The number of likely N-dealkylation sites (tertiary alicyclic amines) is 1. The first kappa shape index (κ1) is 17.4. The van der Waals surface area contributed by atoms with Gasteiger partial charge >= 0.3 is 5.97 Å². The van der Waals surface area contributed by atoms with Crippen LogP contribution in [0.5, 0.6) is 0 Å². The third-order valence-corrected chi connectivity index (χ3v) is 4.41. The molecule has 1 amide bonds. The molecular formula is C17H24N2O4. The Morgan fingerprint density at radius 2 is 2.04 bits per heavy atom. The normalized spacial score (nSPS) is 25.0. The minimum Gasteiger partial charge on any atom is -0.481 e. The number of anilines is 1. The van der Waals surface area contributed by atoms with Crippen LogP contribution in [0.3, 0.4) is 0 Å². The highest BCUT2D eigenvalue weighted by atomic mass is 16.4. The van der Waals surface area contributed by atoms with E-state index >= 15 is 0 Å². The highest BCUT2D eigenvalue weighted by Crippen LogP contribution is 2.35. The Morgan fingerprint density at radius 3 is 2.65 bits per heavy atom. The molecule has 23 heavy (non-hydrogen) atoms. The molecule has 0 radical (unpaired) electrons. The average molecular weight is 320 g/mol. The van der Waals surface area contributed by atoms with E-state index in [0.717, 1.165) is 0 Å². The Balaban J connectivity index is 2.00. The number of amides is 1. The average Bonchev–Trinajstić information content (AvgIpc) is 2.51. The van der Waals surface area contributed by atoms with Gasteiger partial charge in [0.2, 0.25) is 5.91 Å². The summed E-state index contributed by atoms with van der Waals surface area (Å²) >= 11 is 0. The summed E-state index contributed by atoms with van der Waals surface area (Å²) < 4.78 is 0. The maximum atomic E-state index is 12.1. The second-order valence-corrected chi connectivity index (χ2v) is 6.14. The van der Waals surface area contributed by atoms with Crippen LogP contribution < -0.4 is 5.32 Å². The van der Waals surface area contributed by atoms with Gasteiger partial charge in [-0.1, -0.05) is 31.5 Å². The van der Waals surface area contributed by atoms with Crippen molar-refractivity contribution in [2.75, 3.05) is 25.0 Å². The van der Waals surface area contributed by atoms with E-state index in [1.54, 1.807) is 12.1 Å². The van der Waals surface area contributed by atoms with Gasteiger partial charge in [0.05, 0.1) is 12.6 Å². The molecule has 0 aromatic heterocycles. The number of benzene rings is 1. The summed E-state index contributed by atoms with van der Waals surface area (Å²) in [6, 6.07) is 9.15. The fraction of sp³-hybridized carbons (Fsp3) is 0.529. The molecule has 0 saturated carbocycles. The molecule has 3 N–H and O–H groups in total. The van der Waals surface area contributed by atoms with Gasteiger partial charge in [-0.2, -0.15) is 0 Å². The number of aliphatic carboxylic acids is 1. The van der Waals surface area contributed by atoms with Crippen LogP contribution in [0, 0.1) is 5.41 Å². The molecule has 126 valence electrons. The number of para-hydroxylation sites is 1. The summed E-state index contributed by atoms with van der Waals surface area (Å²) in [4.78, 5) is 25.7. The van der Waals surface area contributed by atoms with Crippen LogP contribution in [0.4, 0.5) is 5.69 Å². The number of carboxylic acids is 1. The molecule has 1 fully saturated rings. The van der Waals surface area contributed by atoms with Crippen molar-refractivity contribution in [2.45, 2.75) is 32.3 Å². The molecule has 1 aliphatic rings. The van der Waals surface area contributed by atoms with Crippen molar-refractivity contribution < 1.29 is 19.8 Å². The third-order valence-electron chi connectivity index (χ3n) is 4.41. The van der Waals surface area contributed by atoms with Crippen LogP contribution in [0.2, 0.25) is 0 Å². The van der Waals surface area contributed by atoms with Gasteiger partial charge in [-0.3, -0.25) is 14.5 Å². The van der Waals surface area contributed by atoms with Crippen LogP contribution in [0.15, 0.2) is 30.3 Å². The first-order chi connectivity index (χ1) is 11.0. The van der Waals surface area contributed by atoms with Crippen LogP contribution in [-0.4, -0.2) is 52.7 Å². The van der Waals surface area contributed by atoms with E-state index in [9.17, 15) is 19.8 Å². The van der Waals surface area contributed by atoms with Gasteiger partial charge in [0.1, 0.15) is 5.41 Å². The molecule has 1 aromatic rings. The first-order valence-corrected chi connectivity index (χ1v) is 7.96. The Kier molecular flexibility index (Phi) is 5.74. The molecule has 0 spiro atoms. The summed E-state index contributed by atoms with van der Waals surface area (Å²) in [6.07, 6.45) is 0.576. The molecule has 1 aliphatic heterocycles. The van der Waals surface area contributed by atoms with E-state index in [1.807, 2.05) is 30.0 Å². The molecule has 1 heterocycles. The maximum absolute atomic E-state index is 12.1. The van der Waals surface area contributed by atoms with E-state index in [2.05, 4.69) is 5.32 Å². The lowest BCUT2D eigenvalue weighted by molar-refractivity contribution is -0.164. The highest BCUT2D eigenvalue weighted by Gasteiger charge is 2.48. The summed E-state index contributed by atoms with van der Waals surface area (Å²) in [6.45, 7) is 2.74. The zero-order valence-corrected chi connectivity index (χ0v) is 13.4. The topological polar surface area (TPSA) is 89.9 Å². The van der Waals surface area contributed by atoms with Crippen molar-refractivity contribution in [1.29, 1.82) is 0 Å². The largest absolute Gasteiger partial charge is 0.481 e. The van der Waals surface area contributed by atoms with E-state index < -0.39 is 17.5 Å². The quantitative estimate of drug-likeness (QED) is 0.740. The number of nitrogens with zero attached hydrogens (tertiary/aromatic N) is 1. The summed E-state index contributed by atoms with van der Waals surface area (Å²) in [7, 11) is 0. The number of rotatable bonds is 6. The molecule has 2 atom stereocenters. The number of piperidine rings is 1. The van der Waals surface area contributed by atoms with Gasteiger partial charge in [-0.05, 0) is 25.0 Å². The molecular weight excluding hydrogens is 296 g/mol. The fourth-order valence-corrected chi connectivity index (χ4v) is 3.23. The fourth-order valence-electron chi connectivity index (χ4n) is 3.23. The second kappa shape index (κ2) is 7.57. The summed E-state index contributed by atoms with van der Waals surface area (Å²) in [5, 5.41) is 22.6. The van der Waals surface area contributed by atoms with Gasteiger partial charge in [0.15, 0.2) is 0 Å². The van der Waals surface area contributed by atoms with Crippen molar-refractivity contribution in [3.63, 3.8) is 0 Å². The Hall–Kier alpha value is -1.92. The van der Waals surface area contributed by atoms with Gasteiger partial charge in [0.25, 0.3) is 0 Å². The molecule has 6 nitrogen and oxygen atoms in total. The number of nitrogens with one attached hydrogen (secondary N) is 1. The van der Waals surface area contributed by atoms with E-state index in [0.29, 0.717) is 31.5 Å². The second-order valence-electron chi connectivity index (χ2n) is 6.14. The van der Waals surface area contributed by atoms with Crippen molar-refractivity contribution in [2.24, 2.45) is 5.41 Å². The standard InChI is InChI=1S/C17H24N2O4/c1-2-9-17(16(22)23)12-19(10-8-14(17)20)11-15(21)18-13-6-4-3-5-7-13/h3-7,14,20H,2,8-12H2,1H3,(H,18,21)(H,22,23)/t14-,17+/m1/s1. The maximum Gasteiger partial charge on any atom is 0.313 e. The first-order valence-electron chi connectivity index (χ1n) is 7.96. The lowest BCUT2D eigenvalue weighted by Crippen LogP contribution is -2.57. The summed E-state index contributed by atoms with van der Waals surface area (Å²) in [5.74, 6) is -1.16. The molecule has 2 rings (SSSR count). The van der Waals surface area contributed by atoms with Crippen LogP contribution in [0.25, 0.3) is 0 Å². The predicted octanol–water partition coefficient (Wildman–Crippen LogP) is 1.56. The lowest BCUT2D eigenvalue weighted by Gasteiger charge is -2.43. The molecule has 6 heteroatoms. The van der Waals surface area contributed by atoms with Crippen molar-refractivity contribution in [3.8, 4) is 0 Å². The van der Waals surface area contributed by atoms with E-state index in [1.165, 1.54) is 0 Å². The van der Waals surface area contributed by atoms with Gasteiger partial charge in [-0.25, -0.2) is 0 Å². The zero-order chi connectivity index (χ0) is 16.9. The number of hydrogen-bond donors (Lipinski definition) is 3.